The Kier molecular flexibility index (Phi) is 7.62. The number of aromatic nitrogens is 1. The number of rotatable bonds is 9. The van der Waals surface area contributed by atoms with Gasteiger partial charge in [0.25, 0.3) is 0 Å². The Labute approximate surface area is 219 Å². The van der Waals surface area contributed by atoms with Crippen molar-refractivity contribution in [1.29, 1.82) is 0 Å². The lowest BCUT2D eigenvalue weighted by molar-refractivity contribution is -0.136. The van der Waals surface area contributed by atoms with E-state index in [-0.39, 0.29) is 12.3 Å². The second kappa shape index (κ2) is 10.7. The number of nitrogens with one attached hydrogen (secondary N) is 1. The third-order valence-corrected chi connectivity index (χ3v) is 6.84. The van der Waals surface area contributed by atoms with Crippen LogP contribution >= 0.6 is 15.9 Å². The van der Waals surface area contributed by atoms with Crippen LogP contribution in [0.25, 0.3) is 10.9 Å². The minimum atomic E-state index is -0.843. The highest BCUT2D eigenvalue weighted by atomic mass is 79.9. The number of H-pyrrole nitrogens is 1. The van der Waals surface area contributed by atoms with Crippen LogP contribution < -0.4 is 5.73 Å². The molecule has 0 aliphatic rings. The molecular weight excluding hydrogens is 518 g/mol. The Morgan fingerprint density at radius 3 is 2.56 bits per heavy atom. The summed E-state index contributed by atoms with van der Waals surface area (Å²) in [5.41, 5.74) is 11.5. The van der Waals surface area contributed by atoms with E-state index in [1.165, 1.54) is 0 Å². The molecule has 0 bridgehead atoms. The van der Waals surface area contributed by atoms with Gasteiger partial charge in [-0.15, -0.1) is 0 Å². The molecule has 0 aliphatic carbocycles. The number of benzene rings is 3. The van der Waals surface area contributed by atoms with Gasteiger partial charge in [-0.1, -0.05) is 65.7 Å². The average molecular weight is 548 g/mol. The van der Waals surface area contributed by atoms with Crippen LogP contribution in [0.15, 0.2) is 76.2 Å². The summed E-state index contributed by atoms with van der Waals surface area (Å²) in [5, 5.41) is 20.9. The van der Waals surface area contributed by atoms with Crippen molar-refractivity contribution >= 4 is 44.2 Å². The standard InChI is InChI=1S/C29H30BrN3O3/c1-3-15-29(2,31)20-8-11-22(12-9-20)32-27(19-6-4-5-18(16-19)7-14-25(34)35)26-23-13-10-21(30)17-24(23)33-28(26)36/h4-6,8-13,16-17,33,36H,3,7,14-15,31H2,1-2H3,(H,34,35). The molecule has 186 valence electrons. The summed E-state index contributed by atoms with van der Waals surface area (Å²) in [4.78, 5) is 19.1. The lowest BCUT2D eigenvalue weighted by atomic mass is 9.89. The number of aromatic hydroxyl groups is 1. The van der Waals surface area contributed by atoms with Crippen molar-refractivity contribution in [2.75, 3.05) is 0 Å². The van der Waals surface area contributed by atoms with E-state index in [1.54, 1.807) is 0 Å². The maximum absolute atomic E-state index is 11.1. The number of aliphatic imine (C=N–C) groups is 1. The van der Waals surface area contributed by atoms with Crippen LogP contribution in [-0.4, -0.2) is 26.9 Å². The summed E-state index contributed by atoms with van der Waals surface area (Å²) in [6.45, 7) is 4.15. The second-order valence-electron chi connectivity index (χ2n) is 9.31. The number of aliphatic carboxylic acids is 1. The van der Waals surface area contributed by atoms with Gasteiger partial charge in [0.15, 0.2) is 5.88 Å². The van der Waals surface area contributed by atoms with Gasteiger partial charge in [-0.25, -0.2) is 4.99 Å². The zero-order chi connectivity index (χ0) is 25.9. The van der Waals surface area contributed by atoms with Gasteiger partial charge in [0.05, 0.1) is 22.5 Å². The minimum Gasteiger partial charge on any atom is -0.494 e. The molecule has 0 spiro atoms. The highest BCUT2D eigenvalue weighted by molar-refractivity contribution is 9.10. The summed E-state index contributed by atoms with van der Waals surface area (Å²) < 4.78 is 0.893. The van der Waals surface area contributed by atoms with Gasteiger partial charge in [0.1, 0.15) is 0 Å². The summed E-state index contributed by atoms with van der Waals surface area (Å²) in [6.07, 6.45) is 2.32. The molecule has 1 aromatic heterocycles. The van der Waals surface area contributed by atoms with Crippen molar-refractivity contribution in [2.45, 2.75) is 45.1 Å². The second-order valence-corrected chi connectivity index (χ2v) is 10.2. The summed E-state index contributed by atoms with van der Waals surface area (Å²) >= 11 is 3.48. The van der Waals surface area contributed by atoms with E-state index in [1.807, 2.05) is 73.7 Å². The third-order valence-electron chi connectivity index (χ3n) is 6.34. The molecule has 5 N–H and O–H groups in total. The lowest BCUT2D eigenvalue weighted by Crippen LogP contribution is -2.32. The van der Waals surface area contributed by atoms with E-state index < -0.39 is 11.5 Å². The van der Waals surface area contributed by atoms with Crippen LogP contribution in [0.5, 0.6) is 5.88 Å². The molecule has 0 saturated carbocycles. The van der Waals surface area contributed by atoms with Gasteiger partial charge >= 0.3 is 5.97 Å². The number of nitrogens with two attached hydrogens (primary N) is 1. The van der Waals surface area contributed by atoms with Gasteiger partial charge in [0.2, 0.25) is 0 Å². The molecule has 0 radical (unpaired) electrons. The average Bonchev–Trinajstić information content (AvgIpc) is 3.16. The Morgan fingerprint density at radius 2 is 1.86 bits per heavy atom. The number of fused-ring (bicyclic) bond motifs is 1. The Hall–Kier alpha value is -3.42. The number of carboxylic acid groups (broad SMARTS) is 1. The lowest BCUT2D eigenvalue weighted by Gasteiger charge is -2.24. The van der Waals surface area contributed by atoms with Crippen LogP contribution in [0.1, 0.15) is 55.4 Å². The Bertz CT molecular complexity index is 1420. The zero-order valence-corrected chi connectivity index (χ0v) is 22.0. The molecular formula is C29H30BrN3O3. The largest absolute Gasteiger partial charge is 0.494 e. The Morgan fingerprint density at radius 1 is 1.11 bits per heavy atom. The monoisotopic (exact) mass is 547 g/mol. The van der Waals surface area contributed by atoms with Crippen LogP contribution in [0, 0.1) is 0 Å². The van der Waals surface area contributed by atoms with E-state index in [0.717, 1.165) is 50.6 Å². The maximum Gasteiger partial charge on any atom is 0.303 e. The highest BCUT2D eigenvalue weighted by Crippen LogP contribution is 2.33. The quantitative estimate of drug-likeness (QED) is 0.173. The molecule has 4 rings (SSSR count). The zero-order valence-electron chi connectivity index (χ0n) is 20.4. The number of hydrogen-bond donors (Lipinski definition) is 4. The number of nitrogens with zero attached hydrogens (tertiary/aromatic N) is 1. The molecule has 0 amide bonds. The van der Waals surface area contributed by atoms with Crippen LogP contribution in [0.2, 0.25) is 0 Å². The molecule has 3 aromatic carbocycles. The smallest absolute Gasteiger partial charge is 0.303 e. The number of aryl methyl sites for hydroxylation is 1. The van der Waals surface area contributed by atoms with Crippen molar-refractivity contribution in [3.8, 4) is 5.88 Å². The summed E-state index contributed by atoms with van der Waals surface area (Å²) in [5.74, 6) is -0.823. The molecule has 0 saturated heterocycles. The fourth-order valence-corrected chi connectivity index (χ4v) is 4.86. The first-order chi connectivity index (χ1) is 17.2. The predicted octanol–water partition coefficient (Wildman–Crippen LogP) is 6.80. The molecule has 1 unspecified atom stereocenters. The normalized spacial score (nSPS) is 13.6. The molecule has 4 aromatic rings. The van der Waals surface area contributed by atoms with Gasteiger partial charge < -0.3 is 20.9 Å². The van der Waals surface area contributed by atoms with Crippen molar-refractivity contribution in [2.24, 2.45) is 10.7 Å². The molecule has 1 heterocycles. The van der Waals surface area contributed by atoms with Gasteiger partial charge in [-0.3, -0.25) is 4.79 Å². The topological polar surface area (TPSA) is 112 Å². The van der Waals surface area contributed by atoms with Gasteiger partial charge in [-0.2, -0.15) is 0 Å². The van der Waals surface area contributed by atoms with E-state index in [0.29, 0.717) is 17.7 Å². The van der Waals surface area contributed by atoms with Gasteiger partial charge in [-0.05, 0) is 61.2 Å². The minimum absolute atomic E-state index is 0.0203. The van der Waals surface area contributed by atoms with Crippen molar-refractivity contribution < 1.29 is 15.0 Å². The first kappa shape index (κ1) is 25.7. The van der Waals surface area contributed by atoms with Crippen molar-refractivity contribution in [1.82, 2.24) is 4.98 Å². The Balaban J connectivity index is 1.85. The van der Waals surface area contributed by atoms with Crippen LogP contribution in [-0.2, 0) is 16.8 Å². The first-order valence-electron chi connectivity index (χ1n) is 12.0. The van der Waals surface area contributed by atoms with Crippen LogP contribution in [0.3, 0.4) is 0 Å². The molecule has 0 aliphatic heterocycles. The summed E-state index contributed by atoms with van der Waals surface area (Å²) in [6, 6.07) is 21.3. The fourth-order valence-electron chi connectivity index (χ4n) is 4.49. The van der Waals surface area contributed by atoms with E-state index >= 15 is 0 Å². The van der Waals surface area contributed by atoms with E-state index in [9.17, 15) is 9.90 Å². The number of carboxylic acids is 1. The highest BCUT2D eigenvalue weighted by Gasteiger charge is 2.21. The van der Waals surface area contributed by atoms with Crippen molar-refractivity contribution in [3.63, 3.8) is 0 Å². The molecule has 1 atom stereocenters. The van der Waals surface area contributed by atoms with E-state index in [4.69, 9.17) is 15.8 Å². The fraction of sp³-hybridized carbons (Fsp3) is 0.241. The summed E-state index contributed by atoms with van der Waals surface area (Å²) in [7, 11) is 0. The predicted molar refractivity (Wildman–Crippen MR) is 148 cm³/mol. The molecule has 6 nitrogen and oxygen atoms in total. The number of carbonyl (C=O) groups is 1. The van der Waals surface area contributed by atoms with Gasteiger partial charge in [0, 0.05) is 27.4 Å². The molecule has 7 heteroatoms. The third kappa shape index (κ3) is 5.69. The van der Waals surface area contributed by atoms with Crippen LogP contribution in [0.4, 0.5) is 5.69 Å². The number of aromatic amines is 1. The van der Waals surface area contributed by atoms with Crippen molar-refractivity contribution in [3.05, 3.63) is 93.5 Å². The molecule has 0 fully saturated rings. The molecule has 36 heavy (non-hydrogen) atoms. The van der Waals surface area contributed by atoms with E-state index in [2.05, 4.69) is 27.8 Å². The number of hydrogen-bond acceptors (Lipinski definition) is 4. The maximum atomic E-state index is 11.1. The first-order valence-corrected chi connectivity index (χ1v) is 12.8. The number of halogens is 1. The SMILES string of the molecule is CCCC(C)(N)c1ccc(N=C(c2cccc(CCC(=O)O)c2)c2c(O)[nH]c3cc(Br)ccc23)cc1.